The molecular formula is C23H41N9O5. The Morgan fingerprint density at radius 2 is 1.70 bits per heavy atom. The SMILES string of the molecule is CCC(C)C(NC(=O)C(N)C(C)C)C(=O)NC(CCCN=C(N)N)C(=O)NC(Cc1cnc[nH]1)C(=O)O. The Balaban J connectivity index is 3.07. The highest BCUT2D eigenvalue weighted by molar-refractivity contribution is 5.94. The van der Waals surface area contributed by atoms with E-state index in [1.807, 2.05) is 6.92 Å². The van der Waals surface area contributed by atoms with Crippen LogP contribution in [0.3, 0.4) is 0 Å². The van der Waals surface area contributed by atoms with Gasteiger partial charge in [-0.25, -0.2) is 9.78 Å². The van der Waals surface area contributed by atoms with Crippen LogP contribution in [0.15, 0.2) is 17.5 Å². The molecule has 0 saturated carbocycles. The van der Waals surface area contributed by atoms with Crippen LogP contribution < -0.4 is 33.2 Å². The Kier molecular flexibility index (Phi) is 13.1. The second-order valence-corrected chi connectivity index (χ2v) is 9.33. The van der Waals surface area contributed by atoms with Crippen LogP contribution in [0.4, 0.5) is 0 Å². The zero-order valence-corrected chi connectivity index (χ0v) is 21.9. The van der Waals surface area contributed by atoms with Gasteiger partial charge in [-0.15, -0.1) is 0 Å². The first-order chi connectivity index (χ1) is 17.4. The maximum Gasteiger partial charge on any atom is 0.326 e. The van der Waals surface area contributed by atoms with Crippen LogP contribution >= 0.6 is 0 Å². The molecule has 37 heavy (non-hydrogen) atoms. The van der Waals surface area contributed by atoms with Crippen LogP contribution in [0.2, 0.25) is 0 Å². The number of aromatic nitrogens is 2. The molecule has 5 atom stereocenters. The van der Waals surface area contributed by atoms with Gasteiger partial charge < -0.3 is 43.2 Å². The van der Waals surface area contributed by atoms with Gasteiger partial charge >= 0.3 is 5.97 Å². The van der Waals surface area contributed by atoms with Crippen LogP contribution in [0.5, 0.6) is 0 Å². The number of guanidine groups is 1. The van der Waals surface area contributed by atoms with Gasteiger partial charge in [0, 0.05) is 24.9 Å². The van der Waals surface area contributed by atoms with E-state index in [1.165, 1.54) is 12.5 Å². The van der Waals surface area contributed by atoms with Crippen molar-refractivity contribution in [2.75, 3.05) is 6.54 Å². The molecule has 0 saturated heterocycles. The normalized spacial score (nSPS) is 15.1. The van der Waals surface area contributed by atoms with Gasteiger partial charge in [-0.3, -0.25) is 19.4 Å². The van der Waals surface area contributed by atoms with E-state index in [0.717, 1.165) is 0 Å². The fourth-order valence-electron chi connectivity index (χ4n) is 3.38. The molecule has 3 amide bonds. The van der Waals surface area contributed by atoms with Gasteiger partial charge in [0.15, 0.2) is 5.96 Å². The summed E-state index contributed by atoms with van der Waals surface area (Å²) >= 11 is 0. The summed E-state index contributed by atoms with van der Waals surface area (Å²) in [4.78, 5) is 61.3. The molecule has 14 heteroatoms. The van der Waals surface area contributed by atoms with Gasteiger partial charge in [-0.2, -0.15) is 0 Å². The highest BCUT2D eigenvalue weighted by atomic mass is 16.4. The quantitative estimate of drug-likeness (QED) is 0.0718. The van der Waals surface area contributed by atoms with E-state index < -0.39 is 47.9 Å². The molecular weight excluding hydrogens is 482 g/mol. The van der Waals surface area contributed by atoms with Gasteiger partial charge in [0.05, 0.1) is 12.4 Å². The number of nitrogens with one attached hydrogen (secondary N) is 4. The molecule has 14 nitrogen and oxygen atoms in total. The summed E-state index contributed by atoms with van der Waals surface area (Å²) in [5, 5.41) is 17.4. The van der Waals surface area contributed by atoms with Crippen LogP contribution in [0.1, 0.15) is 52.7 Å². The number of carboxylic acid groups (broad SMARTS) is 1. The number of hydrogen-bond acceptors (Lipinski definition) is 7. The summed E-state index contributed by atoms with van der Waals surface area (Å²) in [6.45, 7) is 7.45. The van der Waals surface area contributed by atoms with Gasteiger partial charge in [0.2, 0.25) is 17.7 Å². The average molecular weight is 524 g/mol. The minimum absolute atomic E-state index is 0.0334. The third-order valence-corrected chi connectivity index (χ3v) is 5.99. The van der Waals surface area contributed by atoms with E-state index in [1.54, 1.807) is 20.8 Å². The Hall–Kier alpha value is -3.68. The number of nitrogens with zero attached hydrogens (tertiary/aromatic N) is 2. The lowest BCUT2D eigenvalue weighted by Crippen LogP contribution is -2.59. The third-order valence-electron chi connectivity index (χ3n) is 5.99. The van der Waals surface area contributed by atoms with Gasteiger partial charge in [-0.05, 0) is 24.7 Å². The van der Waals surface area contributed by atoms with Crippen LogP contribution in [-0.4, -0.2) is 75.4 Å². The van der Waals surface area contributed by atoms with Gasteiger partial charge in [-0.1, -0.05) is 34.1 Å². The minimum atomic E-state index is -1.26. The lowest BCUT2D eigenvalue weighted by atomic mass is 9.96. The van der Waals surface area contributed by atoms with Crippen molar-refractivity contribution in [2.45, 2.75) is 77.5 Å². The maximum atomic E-state index is 13.3. The average Bonchev–Trinajstić information content (AvgIpc) is 3.35. The molecule has 1 aromatic heterocycles. The smallest absolute Gasteiger partial charge is 0.326 e. The molecule has 0 aliphatic rings. The molecule has 1 rings (SSSR count). The molecule has 1 aromatic rings. The molecule has 5 unspecified atom stereocenters. The highest BCUT2D eigenvalue weighted by Crippen LogP contribution is 2.11. The molecule has 0 aromatic carbocycles. The first-order valence-corrected chi connectivity index (χ1v) is 12.3. The summed E-state index contributed by atoms with van der Waals surface area (Å²) in [5.74, 6) is -3.52. The predicted molar refractivity (Wildman–Crippen MR) is 138 cm³/mol. The summed E-state index contributed by atoms with van der Waals surface area (Å²) in [6.07, 6.45) is 3.84. The number of nitrogens with two attached hydrogens (primary N) is 3. The maximum absolute atomic E-state index is 13.3. The number of carbonyl (C=O) groups is 4. The number of rotatable bonds is 16. The number of carboxylic acids is 1. The Bertz CT molecular complexity index is 916. The molecule has 0 radical (unpaired) electrons. The first-order valence-electron chi connectivity index (χ1n) is 12.3. The Morgan fingerprint density at radius 3 is 2.22 bits per heavy atom. The van der Waals surface area contributed by atoms with E-state index >= 15 is 0 Å². The molecule has 208 valence electrons. The summed E-state index contributed by atoms with van der Waals surface area (Å²) in [5.41, 5.74) is 17.2. The highest BCUT2D eigenvalue weighted by Gasteiger charge is 2.32. The standard InChI is InChI=1S/C23H41N9O5/c1-5-13(4)18(32-20(34)17(24)12(2)3)21(35)30-15(7-6-8-28-23(25)26)19(33)31-16(22(36)37)9-14-10-27-11-29-14/h10-13,15-18H,5-9,24H2,1-4H3,(H,27,29)(H,30,35)(H,31,33)(H,32,34)(H,36,37)(H4,25,26,28). The predicted octanol–water partition coefficient (Wildman–Crippen LogP) is -1.43. The van der Waals surface area contributed by atoms with Crippen LogP contribution in [0, 0.1) is 11.8 Å². The number of hydrogen-bond donors (Lipinski definition) is 8. The van der Waals surface area contributed by atoms with Crippen molar-refractivity contribution < 1.29 is 24.3 Å². The van der Waals surface area contributed by atoms with Crippen molar-refractivity contribution in [2.24, 2.45) is 34.0 Å². The Labute approximate surface area is 216 Å². The molecule has 11 N–H and O–H groups in total. The van der Waals surface area contributed by atoms with Crippen molar-refractivity contribution in [3.8, 4) is 0 Å². The van der Waals surface area contributed by atoms with E-state index in [9.17, 15) is 24.3 Å². The summed E-state index contributed by atoms with van der Waals surface area (Å²) < 4.78 is 0. The molecule has 0 aliphatic heterocycles. The lowest BCUT2D eigenvalue weighted by molar-refractivity contribution is -0.142. The zero-order chi connectivity index (χ0) is 28.1. The van der Waals surface area contributed by atoms with Crippen molar-refractivity contribution in [3.63, 3.8) is 0 Å². The van der Waals surface area contributed by atoms with Crippen molar-refractivity contribution in [1.29, 1.82) is 0 Å². The van der Waals surface area contributed by atoms with Crippen molar-refractivity contribution >= 4 is 29.7 Å². The fourth-order valence-corrected chi connectivity index (χ4v) is 3.38. The summed E-state index contributed by atoms with van der Waals surface area (Å²) in [6, 6.07) is -4.13. The largest absolute Gasteiger partial charge is 0.480 e. The van der Waals surface area contributed by atoms with E-state index in [4.69, 9.17) is 17.2 Å². The topological polar surface area (TPSA) is 244 Å². The second-order valence-electron chi connectivity index (χ2n) is 9.33. The number of imidazole rings is 1. The molecule has 1 heterocycles. The van der Waals surface area contributed by atoms with Crippen LogP contribution in [0.25, 0.3) is 0 Å². The monoisotopic (exact) mass is 523 g/mol. The number of carbonyl (C=O) groups excluding carboxylic acids is 3. The van der Waals surface area contributed by atoms with E-state index in [-0.39, 0.29) is 37.2 Å². The van der Waals surface area contributed by atoms with Crippen molar-refractivity contribution in [1.82, 2.24) is 25.9 Å². The fraction of sp³-hybridized carbons (Fsp3) is 0.652. The minimum Gasteiger partial charge on any atom is -0.480 e. The molecule has 0 aliphatic carbocycles. The number of aromatic amines is 1. The molecule has 0 bridgehead atoms. The number of amides is 3. The third kappa shape index (κ3) is 10.9. The number of H-pyrrole nitrogens is 1. The van der Waals surface area contributed by atoms with Gasteiger partial charge in [0.25, 0.3) is 0 Å². The zero-order valence-electron chi connectivity index (χ0n) is 21.9. The van der Waals surface area contributed by atoms with E-state index in [2.05, 4.69) is 30.9 Å². The molecule has 0 fully saturated rings. The number of aliphatic carboxylic acids is 1. The van der Waals surface area contributed by atoms with Gasteiger partial charge in [0.1, 0.15) is 18.1 Å². The summed E-state index contributed by atoms with van der Waals surface area (Å²) in [7, 11) is 0. The van der Waals surface area contributed by atoms with Crippen molar-refractivity contribution in [3.05, 3.63) is 18.2 Å². The second kappa shape index (κ2) is 15.4. The molecule has 0 spiro atoms. The van der Waals surface area contributed by atoms with Crippen LogP contribution in [-0.2, 0) is 25.6 Å². The van der Waals surface area contributed by atoms with E-state index in [0.29, 0.717) is 18.5 Å². The first kappa shape index (κ1) is 31.4. The Morgan fingerprint density at radius 1 is 1.05 bits per heavy atom. The number of aliphatic imine (C=N–C) groups is 1. The lowest BCUT2D eigenvalue weighted by Gasteiger charge is -2.28.